The minimum atomic E-state index is -0.655. The Bertz CT molecular complexity index is 681. The van der Waals surface area contributed by atoms with Crippen molar-refractivity contribution in [3.05, 3.63) is 51.7 Å². The van der Waals surface area contributed by atoms with Crippen molar-refractivity contribution in [3.63, 3.8) is 0 Å². The minimum absolute atomic E-state index is 0.151. The highest BCUT2D eigenvalue weighted by atomic mass is 16.6. The number of nitro groups is 1. The molecule has 1 amide bonds. The summed E-state index contributed by atoms with van der Waals surface area (Å²) in [4.78, 5) is 25.6. The van der Waals surface area contributed by atoms with Gasteiger partial charge in [-0.05, 0) is 12.1 Å². The highest BCUT2D eigenvalue weighted by Crippen LogP contribution is 2.26. The van der Waals surface area contributed by atoms with E-state index in [4.69, 9.17) is 10.2 Å². The predicted octanol–water partition coefficient (Wildman–Crippen LogP) is 1.86. The van der Waals surface area contributed by atoms with E-state index in [0.29, 0.717) is 12.3 Å². The van der Waals surface area contributed by atoms with E-state index in [-0.39, 0.29) is 23.5 Å². The number of anilines is 1. The van der Waals surface area contributed by atoms with Crippen LogP contribution in [-0.4, -0.2) is 15.8 Å². The van der Waals surface area contributed by atoms with Crippen LogP contribution in [0.25, 0.3) is 0 Å². The molecule has 3 N–H and O–H groups in total. The molecule has 110 valence electrons. The zero-order chi connectivity index (χ0) is 15.4. The molecule has 0 saturated carbocycles. The number of carbonyl (C=O) groups is 1. The molecule has 1 aromatic heterocycles. The molecule has 0 unspecified atom stereocenters. The molecule has 0 fully saturated rings. The van der Waals surface area contributed by atoms with Crippen molar-refractivity contribution in [2.24, 2.45) is 5.73 Å². The molecule has 21 heavy (non-hydrogen) atoms. The lowest BCUT2D eigenvalue weighted by molar-refractivity contribution is -0.384. The Kier molecular flexibility index (Phi) is 4.17. The van der Waals surface area contributed by atoms with Gasteiger partial charge in [-0.25, -0.2) is 4.98 Å². The monoisotopic (exact) mass is 290 g/mol. The Hall–Kier alpha value is -2.90. The molecule has 0 atom stereocenters. The van der Waals surface area contributed by atoms with Crippen LogP contribution in [0.15, 0.2) is 28.8 Å². The first-order valence-electron chi connectivity index (χ1n) is 6.27. The molecule has 0 spiro atoms. The highest BCUT2D eigenvalue weighted by Gasteiger charge is 2.16. The third-order valence-corrected chi connectivity index (χ3v) is 2.86. The molecule has 0 aliphatic carbocycles. The summed E-state index contributed by atoms with van der Waals surface area (Å²) in [5, 5.41) is 13.8. The van der Waals surface area contributed by atoms with E-state index in [1.54, 1.807) is 6.20 Å². The van der Waals surface area contributed by atoms with E-state index in [2.05, 4.69) is 10.3 Å². The number of hydrogen-bond donors (Lipinski definition) is 2. The van der Waals surface area contributed by atoms with Gasteiger partial charge in [-0.15, -0.1) is 0 Å². The second-order valence-electron chi connectivity index (χ2n) is 4.28. The van der Waals surface area contributed by atoms with Crippen molar-refractivity contribution in [3.8, 4) is 0 Å². The first-order valence-corrected chi connectivity index (χ1v) is 6.27. The number of primary amides is 1. The Morgan fingerprint density at radius 2 is 2.29 bits per heavy atom. The zero-order valence-electron chi connectivity index (χ0n) is 11.3. The van der Waals surface area contributed by atoms with Gasteiger partial charge in [-0.1, -0.05) is 6.92 Å². The second kappa shape index (κ2) is 6.04. The predicted molar refractivity (Wildman–Crippen MR) is 74.8 cm³/mol. The van der Waals surface area contributed by atoms with Crippen LogP contribution in [0.3, 0.4) is 0 Å². The highest BCUT2D eigenvalue weighted by molar-refractivity contribution is 5.94. The number of nitrogens with two attached hydrogens (primary N) is 1. The summed E-state index contributed by atoms with van der Waals surface area (Å²) >= 11 is 0. The van der Waals surface area contributed by atoms with Crippen LogP contribution in [0.4, 0.5) is 11.4 Å². The molecule has 0 saturated heterocycles. The standard InChI is InChI=1S/C13H14N4O4/c1-2-9-6-16-12(21-9)7-15-10-5-8(13(14)18)3-4-11(10)17(19)20/h3-6,15H,2,7H2,1H3,(H2,14,18). The summed E-state index contributed by atoms with van der Waals surface area (Å²) in [6.45, 7) is 2.10. The van der Waals surface area contributed by atoms with Crippen LogP contribution in [0.2, 0.25) is 0 Å². The van der Waals surface area contributed by atoms with Gasteiger partial charge in [0.1, 0.15) is 11.4 Å². The second-order valence-corrected chi connectivity index (χ2v) is 4.28. The molecule has 8 nitrogen and oxygen atoms in total. The number of aryl methyl sites for hydroxylation is 1. The Morgan fingerprint density at radius 1 is 1.52 bits per heavy atom. The number of carbonyl (C=O) groups excluding carboxylic acids is 1. The van der Waals surface area contributed by atoms with E-state index in [9.17, 15) is 14.9 Å². The number of benzene rings is 1. The lowest BCUT2D eigenvalue weighted by Gasteiger charge is -2.06. The number of nitrogens with one attached hydrogen (secondary N) is 1. The number of hydrogen-bond acceptors (Lipinski definition) is 6. The SMILES string of the molecule is CCc1cnc(CNc2cc(C(N)=O)ccc2[N+](=O)[O-])o1. The van der Waals surface area contributed by atoms with Crippen LogP contribution < -0.4 is 11.1 Å². The van der Waals surface area contributed by atoms with Crippen LogP contribution in [0, 0.1) is 10.1 Å². The zero-order valence-corrected chi connectivity index (χ0v) is 11.3. The topological polar surface area (TPSA) is 124 Å². The number of aromatic nitrogens is 1. The number of amides is 1. The molecule has 1 heterocycles. The van der Waals surface area contributed by atoms with Gasteiger partial charge in [-0.3, -0.25) is 14.9 Å². The van der Waals surface area contributed by atoms with Crippen molar-refractivity contribution in [1.82, 2.24) is 4.98 Å². The molecule has 0 radical (unpaired) electrons. The lowest BCUT2D eigenvalue weighted by Crippen LogP contribution is -2.12. The summed E-state index contributed by atoms with van der Waals surface area (Å²) in [7, 11) is 0. The first-order chi connectivity index (χ1) is 10.0. The summed E-state index contributed by atoms with van der Waals surface area (Å²) in [5.41, 5.74) is 5.39. The molecular formula is C13H14N4O4. The van der Waals surface area contributed by atoms with Crippen molar-refractivity contribution in [2.75, 3.05) is 5.32 Å². The average molecular weight is 290 g/mol. The quantitative estimate of drug-likeness (QED) is 0.618. The largest absolute Gasteiger partial charge is 0.444 e. The van der Waals surface area contributed by atoms with Crippen molar-refractivity contribution in [1.29, 1.82) is 0 Å². The lowest BCUT2D eigenvalue weighted by atomic mass is 10.1. The number of rotatable bonds is 6. The molecular weight excluding hydrogens is 276 g/mol. The van der Waals surface area contributed by atoms with Gasteiger partial charge < -0.3 is 15.5 Å². The van der Waals surface area contributed by atoms with Crippen molar-refractivity contribution in [2.45, 2.75) is 19.9 Å². The number of nitro benzene ring substituents is 1. The van der Waals surface area contributed by atoms with E-state index >= 15 is 0 Å². The molecule has 2 rings (SSSR count). The van der Waals surface area contributed by atoms with Crippen molar-refractivity contribution < 1.29 is 14.1 Å². The van der Waals surface area contributed by atoms with Gasteiger partial charge in [-0.2, -0.15) is 0 Å². The van der Waals surface area contributed by atoms with Gasteiger partial charge in [0.15, 0.2) is 0 Å². The van der Waals surface area contributed by atoms with E-state index in [1.807, 2.05) is 6.92 Å². The molecule has 2 aromatic rings. The fourth-order valence-corrected chi connectivity index (χ4v) is 1.75. The Morgan fingerprint density at radius 3 is 2.86 bits per heavy atom. The Balaban J connectivity index is 2.22. The van der Waals surface area contributed by atoms with Gasteiger partial charge >= 0.3 is 0 Å². The molecule has 0 aliphatic rings. The summed E-state index contributed by atoms with van der Waals surface area (Å²) in [5.74, 6) is 0.482. The maximum atomic E-state index is 11.1. The van der Waals surface area contributed by atoms with Crippen LogP contribution >= 0.6 is 0 Å². The maximum Gasteiger partial charge on any atom is 0.292 e. The Labute approximate surface area is 120 Å². The minimum Gasteiger partial charge on any atom is -0.444 e. The van der Waals surface area contributed by atoms with Gasteiger partial charge in [0.05, 0.1) is 17.7 Å². The van der Waals surface area contributed by atoms with Crippen LogP contribution in [0.1, 0.15) is 28.9 Å². The van der Waals surface area contributed by atoms with Gasteiger partial charge in [0.25, 0.3) is 5.69 Å². The molecule has 0 aliphatic heterocycles. The third kappa shape index (κ3) is 3.35. The maximum absolute atomic E-state index is 11.1. The fourth-order valence-electron chi connectivity index (χ4n) is 1.75. The summed E-state index contributed by atoms with van der Waals surface area (Å²) < 4.78 is 5.40. The number of nitrogens with zero attached hydrogens (tertiary/aromatic N) is 2. The smallest absolute Gasteiger partial charge is 0.292 e. The summed E-state index contributed by atoms with van der Waals surface area (Å²) in [6, 6.07) is 3.88. The van der Waals surface area contributed by atoms with E-state index in [0.717, 1.165) is 5.76 Å². The molecule has 0 bridgehead atoms. The first kappa shape index (κ1) is 14.5. The molecule has 1 aromatic carbocycles. The van der Waals surface area contributed by atoms with E-state index in [1.165, 1.54) is 18.2 Å². The third-order valence-electron chi connectivity index (χ3n) is 2.86. The normalized spacial score (nSPS) is 10.3. The number of oxazole rings is 1. The van der Waals surface area contributed by atoms with Gasteiger partial charge in [0.2, 0.25) is 11.8 Å². The van der Waals surface area contributed by atoms with Crippen molar-refractivity contribution >= 4 is 17.3 Å². The fraction of sp³-hybridized carbons (Fsp3) is 0.231. The van der Waals surface area contributed by atoms with E-state index < -0.39 is 10.8 Å². The molecule has 8 heteroatoms. The average Bonchev–Trinajstić information content (AvgIpc) is 2.92. The van der Waals surface area contributed by atoms with Crippen LogP contribution in [-0.2, 0) is 13.0 Å². The van der Waals surface area contributed by atoms with Crippen LogP contribution in [0.5, 0.6) is 0 Å². The summed E-state index contributed by atoms with van der Waals surface area (Å²) in [6.07, 6.45) is 2.32. The van der Waals surface area contributed by atoms with Gasteiger partial charge in [0, 0.05) is 18.1 Å².